The smallest absolute Gasteiger partial charge is 0.345 e. The largest absolute Gasteiger partial charge is 0.504 e. The van der Waals surface area contributed by atoms with Gasteiger partial charge in [-0.15, -0.1) is 11.3 Å². The van der Waals surface area contributed by atoms with Gasteiger partial charge in [-0.2, -0.15) is 5.26 Å². The van der Waals surface area contributed by atoms with Crippen LogP contribution in [0.3, 0.4) is 0 Å². The molecule has 0 atom stereocenters. The number of phenols is 1. The van der Waals surface area contributed by atoms with Crippen molar-refractivity contribution in [1.29, 1.82) is 5.26 Å². The van der Waals surface area contributed by atoms with Crippen LogP contribution in [0.15, 0.2) is 75.3 Å². The Hall–Kier alpha value is -4.41. The summed E-state index contributed by atoms with van der Waals surface area (Å²) in [6, 6.07) is 20.3. The number of hydrogen-bond donors (Lipinski definition) is 1. The van der Waals surface area contributed by atoms with Gasteiger partial charge in [0.05, 0.1) is 23.9 Å². The average Bonchev–Trinajstić information content (AvgIpc) is 3.32. The summed E-state index contributed by atoms with van der Waals surface area (Å²) in [5.74, 6) is 0.321. The fourth-order valence-corrected chi connectivity index (χ4v) is 4.45. The summed E-state index contributed by atoms with van der Waals surface area (Å²) in [6.45, 7) is 0. The third-order valence-corrected chi connectivity index (χ3v) is 6.16. The molecule has 0 radical (unpaired) electrons. The Balaban J connectivity index is 1.59. The van der Waals surface area contributed by atoms with Crippen LogP contribution in [0.5, 0.6) is 11.5 Å². The Morgan fingerprint density at radius 1 is 1.15 bits per heavy atom. The Morgan fingerprint density at radius 3 is 2.82 bits per heavy atom. The highest BCUT2D eigenvalue weighted by molar-refractivity contribution is 7.11. The van der Waals surface area contributed by atoms with Crippen LogP contribution in [-0.2, 0) is 0 Å². The molecule has 33 heavy (non-hydrogen) atoms. The predicted molar refractivity (Wildman–Crippen MR) is 129 cm³/mol. The summed E-state index contributed by atoms with van der Waals surface area (Å²) in [6.07, 6.45) is 1.65. The van der Waals surface area contributed by atoms with E-state index >= 15 is 0 Å². The van der Waals surface area contributed by atoms with E-state index in [9.17, 15) is 15.2 Å². The molecule has 0 amide bonds. The molecule has 0 bridgehead atoms. The van der Waals surface area contributed by atoms with Gasteiger partial charge in [-0.25, -0.2) is 9.78 Å². The number of rotatable bonds is 4. The van der Waals surface area contributed by atoms with Crippen LogP contribution in [0.1, 0.15) is 10.6 Å². The molecule has 3 aromatic carbocycles. The molecule has 0 fully saturated rings. The fraction of sp³-hybridized carbons (Fsp3) is 0.0385. The van der Waals surface area contributed by atoms with Crippen molar-refractivity contribution >= 4 is 44.7 Å². The molecule has 0 aliphatic heterocycles. The predicted octanol–water partition coefficient (Wildman–Crippen LogP) is 5.85. The lowest BCUT2D eigenvalue weighted by atomic mass is 10.0. The number of allylic oxidation sites excluding steroid dienone is 1. The minimum Gasteiger partial charge on any atom is -0.504 e. The summed E-state index contributed by atoms with van der Waals surface area (Å²) in [7, 11) is 1.46. The van der Waals surface area contributed by atoms with Crippen molar-refractivity contribution in [1.82, 2.24) is 4.98 Å². The first-order chi connectivity index (χ1) is 16.1. The zero-order valence-corrected chi connectivity index (χ0v) is 18.2. The highest BCUT2D eigenvalue weighted by Crippen LogP contribution is 2.32. The van der Waals surface area contributed by atoms with Crippen molar-refractivity contribution in [2.45, 2.75) is 0 Å². The molecule has 7 heteroatoms. The lowest BCUT2D eigenvalue weighted by Gasteiger charge is -2.04. The standard InChI is InChI=1S/C26H16N2O4S/c1-31-24-11-15(6-8-22(24)29)10-17(13-27)25-28-21(14-33-25)20-12-19-18-5-3-2-4-16(18)7-9-23(19)32-26(20)30/h2-12,14,29H,1H3. The highest BCUT2D eigenvalue weighted by Gasteiger charge is 2.15. The maximum Gasteiger partial charge on any atom is 0.345 e. The summed E-state index contributed by atoms with van der Waals surface area (Å²) in [5.41, 5.74) is 1.81. The van der Waals surface area contributed by atoms with E-state index in [1.165, 1.54) is 24.5 Å². The Kier molecular flexibility index (Phi) is 5.13. The number of phenolic OH excluding ortho intramolecular Hbond substituents is 1. The second-order valence-corrected chi connectivity index (χ2v) is 8.14. The Labute approximate surface area is 192 Å². The molecule has 0 aliphatic carbocycles. The number of ether oxygens (including phenoxy) is 1. The van der Waals surface area contributed by atoms with E-state index in [0.717, 1.165) is 16.2 Å². The topological polar surface area (TPSA) is 96.4 Å². The number of methoxy groups -OCH3 is 1. The molecule has 5 aromatic rings. The molecule has 1 N–H and O–H groups in total. The van der Waals surface area contributed by atoms with Crippen LogP contribution >= 0.6 is 11.3 Å². The minimum atomic E-state index is -0.486. The van der Waals surface area contributed by atoms with Gasteiger partial charge < -0.3 is 14.3 Å². The van der Waals surface area contributed by atoms with Crippen molar-refractivity contribution in [3.8, 4) is 28.8 Å². The van der Waals surface area contributed by atoms with Gasteiger partial charge in [0.15, 0.2) is 11.5 Å². The third-order valence-electron chi connectivity index (χ3n) is 5.29. The van der Waals surface area contributed by atoms with Crippen molar-refractivity contribution < 1.29 is 14.3 Å². The number of benzene rings is 3. The van der Waals surface area contributed by atoms with E-state index in [1.54, 1.807) is 35.7 Å². The molecule has 0 saturated heterocycles. The molecule has 2 aromatic heterocycles. The number of nitriles is 1. The second-order valence-electron chi connectivity index (χ2n) is 7.29. The molecule has 5 rings (SSSR count). The molecular formula is C26H16N2O4S. The third kappa shape index (κ3) is 3.73. The first-order valence-corrected chi connectivity index (χ1v) is 10.9. The molecule has 0 saturated carbocycles. The van der Waals surface area contributed by atoms with E-state index in [2.05, 4.69) is 11.1 Å². The Bertz CT molecular complexity index is 1660. The van der Waals surface area contributed by atoms with E-state index in [0.29, 0.717) is 38.7 Å². The molecular weight excluding hydrogens is 436 g/mol. The van der Waals surface area contributed by atoms with E-state index in [1.807, 2.05) is 30.3 Å². The lowest BCUT2D eigenvalue weighted by molar-refractivity contribution is 0.373. The van der Waals surface area contributed by atoms with Crippen LogP contribution in [-0.4, -0.2) is 17.2 Å². The SMILES string of the molecule is COc1cc(C=C(C#N)c2nc(-c3cc4c(ccc5ccccc54)oc3=O)cs2)ccc1O. The van der Waals surface area contributed by atoms with Crippen molar-refractivity contribution in [3.63, 3.8) is 0 Å². The van der Waals surface area contributed by atoms with Gasteiger partial charge in [0.1, 0.15) is 16.7 Å². The average molecular weight is 452 g/mol. The van der Waals surface area contributed by atoms with Crippen molar-refractivity contribution in [2.75, 3.05) is 7.11 Å². The van der Waals surface area contributed by atoms with Gasteiger partial charge in [0.2, 0.25) is 0 Å². The number of hydrogen-bond acceptors (Lipinski definition) is 7. The quantitative estimate of drug-likeness (QED) is 0.209. The molecule has 0 aliphatic rings. The first-order valence-electron chi connectivity index (χ1n) is 9.98. The zero-order valence-electron chi connectivity index (χ0n) is 17.4. The zero-order chi connectivity index (χ0) is 22.9. The number of thiazole rings is 1. The minimum absolute atomic E-state index is 0.0141. The van der Waals surface area contributed by atoms with Crippen LogP contribution < -0.4 is 10.4 Å². The van der Waals surface area contributed by atoms with Crippen molar-refractivity contribution in [3.05, 3.63) is 87.0 Å². The van der Waals surface area contributed by atoms with E-state index in [4.69, 9.17) is 9.15 Å². The van der Waals surface area contributed by atoms with Gasteiger partial charge in [0, 0.05) is 10.8 Å². The van der Waals surface area contributed by atoms with Crippen LogP contribution in [0, 0.1) is 11.3 Å². The van der Waals surface area contributed by atoms with Gasteiger partial charge in [-0.1, -0.05) is 36.4 Å². The molecule has 0 unspecified atom stereocenters. The molecule has 6 nitrogen and oxygen atoms in total. The first kappa shape index (κ1) is 20.5. The fourth-order valence-electron chi connectivity index (χ4n) is 3.66. The molecule has 2 heterocycles. The van der Waals surface area contributed by atoms with E-state index < -0.39 is 5.63 Å². The summed E-state index contributed by atoms with van der Waals surface area (Å²) >= 11 is 1.26. The molecule has 160 valence electrons. The van der Waals surface area contributed by atoms with Crippen LogP contribution in [0.2, 0.25) is 0 Å². The van der Waals surface area contributed by atoms with Crippen LogP contribution in [0.25, 0.3) is 44.6 Å². The van der Waals surface area contributed by atoms with E-state index in [-0.39, 0.29) is 5.75 Å². The maximum atomic E-state index is 12.7. The summed E-state index contributed by atoms with van der Waals surface area (Å²) in [5, 5.41) is 24.5. The maximum absolute atomic E-state index is 12.7. The lowest BCUT2D eigenvalue weighted by Crippen LogP contribution is -2.03. The van der Waals surface area contributed by atoms with Gasteiger partial charge >= 0.3 is 5.63 Å². The number of aromatic nitrogens is 1. The van der Waals surface area contributed by atoms with Crippen molar-refractivity contribution in [2.24, 2.45) is 0 Å². The summed E-state index contributed by atoms with van der Waals surface area (Å²) < 4.78 is 10.7. The normalized spacial score (nSPS) is 11.6. The van der Waals surface area contributed by atoms with Gasteiger partial charge in [-0.3, -0.25) is 0 Å². The number of fused-ring (bicyclic) bond motifs is 3. The van der Waals surface area contributed by atoms with Crippen LogP contribution in [0.4, 0.5) is 0 Å². The summed E-state index contributed by atoms with van der Waals surface area (Å²) in [4.78, 5) is 17.2. The highest BCUT2D eigenvalue weighted by atomic mass is 32.1. The number of aromatic hydroxyl groups is 1. The van der Waals surface area contributed by atoms with Gasteiger partial charge in [-0.05, 0) is 46.7 Å². The van der Waals surface area contributed by atoms with Gasteiger partial charge in [0.25, 0.3) is 0 Å². The monoisotopic (exact) mass is 452 g/mol. The Morgan fingerprint density at radius 2 is 2.00 bits per heavy atom. The number of nitrogens with zero attached hydrogens (tertiary/aromatic N) is 2. The molecule has 0 spiro atoms. The second kappa shape index (κ2) is 8.26.